The molecule has 1 aliphatic rings. The average molecular weight is 370 g/mol. The monoisotopic (exact) mass is 369 g/mol. The van der Waals surface area contributed by atoms with Gasteiger partial charge in [0.25, 0.3) is 0 Å². The van der Waals surface area contributed by atoms with Crippen LogP contribution in [0.15, 0.2) is 48.5 Å². The fourth-order valence-corrected chi connectivity index (χ4v) is 3.13. The van der Waals surface area contributed by atoms with E-state index in [2.05, 4.69) is 38.2 Å². The molecule has 4 nitrogen and oxygen atoms in total. The summed E-state index contributed by atoms with van der Waals surface area (Å²) in [5.41, 5.74) is 2.36. The molecule has 2 aromatic rings. The lowest BCUT2D eigenvalue weighted by atomic mass is 10.0. The van der Waals surface area contributed by atoms with Crippen molar-refractivity contribution in [3.05, 3.63) is 54.1 Å². The molecule has 0 saturated carbocycles. The molecular weight excluding hydrogens is 338 g/mol. The van der Waals surface area contributed by atoms with Crippen LogP contribution in [0.3, 0.4) is 0 Å². The van der Waals surface area contributed by atoms with Crippen molar-refractivity contribution in [2.75, 3.05) is 25.1 Å². The summed E-state index contributed by atoms with van der Waals surface area (Å²) < 4.78 is 17.5. The van der Waals surface area contributed by atoms with Crippen LogP contribution in [0.2, 0.25) is 0 Å². The van der Waals surface area contributed by atoms with E-state index >= 15 is 0 Å². The summed E-state index contributed by atoms with van der Waals surface area (Å²) >= 11 is 0. The van der Waals surface area contributed by atoms with Crippen LogP contribution < -0.4 is 14.8 Å². The third-order valence-corrected chi connectivity index (χ3v) is 4.77. The van der Waals surface area contributed by atoms with Gasteiger partial charge in [0.05, 0.1) is 12.6 Å². The van der Waals surface area contributed by atoms with Gasteiger partial charge in [0.1, 0.15) is 24.2 Å². The first-order valence-electron chi connectivity index (χ1n) is 9.95. The molecule has 0 bridgehead atoms. The number of rotatable bonds is 9. The van der Waals surface area contributed by atoms with E-state index in [1.807, 2.05) is 36.4 Å². The Morgan fingerprint density at radius 1 is 1.07 bits per heavy atom. The first-order valence-corrected chi connectivity index (χ1v) is 9.95. The summed E-state index contributed by atoms with van der Waals surface area (Å²) in [4.78, 5) is 0. The summed E-state index contributed by atoms with van der Waals surface area (Å²) in [5, 5.41) is 3.43. The minimum atomic E-state index is 0.0614. The van der Waals surface area contributed by atoms with Gasteiger partial charge in [0, 0.05) is 18.4 Å². The predicted octanol–water partition coefficient (Wildman–Crippen LogP) is 5.25. The summed E-state index contributed by atoms with van der Waals surface area (Å²) in [5.74, 6) is 2.31. The highest BCUT2D eigenvalue weighted by Crippen LogP contribution is 2.21. The second-order valence-corrected chi connectivity index (χ2v) is 7.51. The van der Waals surface area contributed by atoms with Gasteiger partial charge in [-0.3, -0.25) is 0 Å². The molecule has 2 atom stereocenters. The summed E-state index contributed by atoms with van der Waals surface area (Å²) in [6, 6.07) is 16.4. The third-order valence-electron chi connectivity index (χ3n) is 4.77. The molecule has 1 fully saturated rings. The predicted molar refractivity (Wildman–Crippen MR) is 110 cm³/mol. The van der Waals surface area contributed by atoms with Gasteiger partial charge >= 0.3 is 0 Å². The van der Waals surface area contributed by atoms with Crippen molar-refractivity contribution in [3.63, 3.8) is 0 Å². The van der Waals surface area contributed by atoms with E-state index in [-0.39, 0.29) is 12.2 Å². The van der Waals surface area contributed by atoms with Gasteiger partial charge in [0.15, 0.2) is 0 Å². The highest BCUT2D eigenvalue weighted by Gasteiger charge is 2.16. The molecule has 0 spiro atoms. The van der Waals surface area contributed by atoms with Crippen LogP contribution in [-0.2, 0) is 4.74 Å². The van der Waals surface area contributed by atoms with Crippen molar-refractivity contribution >= 4 is 5.69 Å². The van der Waals surface area contributed by atoms with Crippen LogP contribution >= 0.6 is 0 Å². The fraction of sp³-hybridized carbons (Fsp3) is 0.478. The van der Waals surface area contributed by atoms with Crippen LogP contribution in [0.25, 0.3) is 0 Å². The number of hydrogen-bond donors (Lipinski definition) is 1. The van der Waals surface area contributed by atoms with E-state index in [4.69, 9.17) is 14.2 Å². The normalized spacial score (nSPS) is 17.7. The van der Waals surface area contributed by atoms with Crippen LogP contribution in [0, 0.1) is 0 Å². The second kappa shape index (κ2) is 9.65. The van der Waals surface area contributed by atoms with Gasteiger partial charge < -0.3 is 19.5 Å². The van der Waals surface area contributed by atoms with Crippen molar-refractivity contribution in [2.24, 2.45) is 0 Å². The molecule has 0 radical (unpaired) electrons. The third kappa shape index (κ3) is 6.17. The fourth-order valence-electron chi connectivity index (χ4n) is 3.13. The lowest BCUT2D eigenvalue weighted by molar-refractivity contribution is 0.0680. The van der Waals surface area contributed by atoms with Gasteiger partial charge in [-0.2, -0.15) is 0 Å². The Kier molecular flexibility index (Phi) is 6.99. The van der Waals surface area contributed by atoms with Crippen molar-refractivity contribution in [3.8, 4) is 11.5 Å². The molecular formula is C23H31NO3. The zero-order valence-corrected chi connectivity index (χ0v) is 16.6. The first kappa shape index (κ1) is 19.6. The summed E-state index contributed by atoms with van der Waals surface area (Å²) in [7, 11) is 0. The standard InChI is InChI=1S/C23H31NO3/c1-17(2)19-9-11-21(12-10-19)27-18(3)15-24-20-6-4-7-22(14-20)26-16-23-8-5-13-25-23/h4,6-7,9-12,14,17-18,23-24H,5,8,13,15-16H2,1-3H3/t18-,23-/m1/s1. The van der Waals surface area contributed by atoms with Crippen molar-refractivity contribution in [1.82, 2.24) is 0 Å². The Morgan fingerprint density at radius 3 is 2.59 bits per heavy atom. The minimum absolute atomic E-state index is 0.0614. The molecule has 1 heterocycles. The van der Waals surface area contributed by atoms with Crippen molar-refractivity contribution in [2.45, 2.75) is 51.7 Å². The molecule has 2 aromatic carbocycles. The second-order valence-electron chi connectivity index (χ2n) is 7.51. The lowest BCUT2D eigenvalue weighted by Gasteiger charge is -2.17. The molecule has 1 N–H and O–H groups in total. The van der Waals surface area contributed by atoms with E-state index in [9.17, 15) is 0 Å². The van der Waals surface area contributed by atoms with Crippen LogP contribution in [0.1, 0.15) is 45.1 Å². The molecule has 0 aromatic heterocycles. The maximum atomic E-state index is 6.01. The number of benzene rings is 2. The Bertz CT molecular complexity index is 693. The molecule has 27 heavy (non-hydrogen) atoms. The number of nitrogens with one attached hydrogen (secondary N) is 1. The zero-order valence-electron chi connectivity index (χ0n) is 16.6. The van der Waals surface area contributed by atoms with E-state index in [0.29, 0.717) is 12.5 Å². The summed E-state index contributed by atoms with van der Waals surface area (Å²) in [6.45, 7) is 8.66. The van der Waals surface area contributed by atoms with Crippen LogP contribution in [-0.4, -0.2) is 32.0 Å². The average Bonchev–Trinajstić information content (AvgIpc) is 3.19. The quantitative estimate of drug-likeness (QED) is 0.655. The molecule has 146 valence electrons. The lowest BCUT2D eigenvalue weighted by Crippen LogP contribution is -2.22. The Morgan fingerprint density at radius 2 is 1.89 bits per heavy atom. The van der Waals surface area contributed by atoms with Gasteiger partial charge in [-0.25, -0.2) is 0 Å². The van der Waals surface area contributed by atoms with E-state index < -0.39 is 0 Å². The molecule has 4 heteroatoms. The zero-order chi connectivity index (χ0) is 19.1. The highest BCUT2D eigenvalue weighted by atomic mass is 16.5. The molecule has 0 amide bonds. The molecule has 1 aliphatic heterocycles. The van der Waals surface area contributed by atoms with Gasteiger partial charge in [-0.1, -0.05) is 32.0 Å². The Labute approximate surface area is 162 Å². The maximum absolute atomic E-state index is 6.01. The van der Waals surface area contributed by atoms with E-state index in [1.165, 1.54) is 5.56 Å². The van der Waals surface area contributed by atoms with Gasteiger partial charge in [-0.15, -0.1) is 0 Å². The molecule has 0 unspecified atom stereocenters. The highest BCUT2D eigenvalue weighted by molar-refractivity contribution is 5.48. The SMILES string of the molecule is CC(C)c1ccc(O[C@H](C)CNc2cccc(OC[C@H]3CCCO3)c2)cc1. The Balaban J connectivity index is 1.45. The Hall–Kier alpha value is -2.20. The van der Waals surface area contributed by atoms with Gasteiger partial charge in [0.2, 0.25) is 0 Å². The number of hydrogen-bond acceptors (Lipinski definition) is 4. The van der Waals surface area contributed by atoms with E-state index in [0.717, 1.165) is 43.2 Å². The summed E-state index contributed by atoms with van der Waals surface area (Å²) in [6.07, 6.45) is 2.52. The molecule has 1 saturated heterocycles. The smallest absolute Gasteiger partial charge is 0.121 e. The molecule has 0 aliphatic carbocycles. The topological polar surface area (TPSA) is 39.7 Å². The van der Waals surface area contributed by atoms with Crippen molar-refractivity contribution < 1.29 is 14.2 Å². The van der Waals surface area contributed by atoms with Crippen LogP contribution in [0.4, 0.5) is 5.69 Å². The molecule has 3 rings (SSSR count). The number of anilines is 1. The largest absolute Gasteiger partial charge is 0.491 e. The number of ether oxygens (including phenoxy) is 3. The first-order chi connectivity index (χ1) is 13.1. The minimum Gasteiger partial charge on any atom is -0.491 e. The van der Waals surface area contributed by atoms with E-state index in [1.54, 1.807) is 0 Å². The maximum Gasteiger partial charge on any atom is 0.121 e. The van der Waals surface area contributed by atoms with Crippen LogP contribution in [0.5, 0.6) is 11.5 Å². The van der Waals surface area contributed by atoms with Gasteiger partial charge in [-0.05, 0) is 55.5 Å². The van der Waals surface area contributed by atoms with Crippen molar-refractivity contribution in [1.29, 1.82) is 0 Å².